The average Bonchev–Trinajstić information content (AvgIpc) is 3.14. The third-order valence-electron chi connectivity index (χ3n) is 5.08. The zero-order chi connectivity index (χ0) is 22.7. The van der Waals surface area contributed by atoms with Crippen LogP contribution >= 0.6 is 11.8 Å². The maximum atomic E-state index is 13.0. The molecule has 2 amide bonds. The van der Waals surface area contributed by atoms with Crippen molar-refractivity contribution in [3.63, 3.8) is 0 Å². The van der Waals surface area contributed by atoms with Gasteiger partial charge in [0, 0.05) is 29.4 Å². The lowest BCUT2D eigenvalue weighted by Crippen LogP contribution is -2.41. The number of hydrogen-bond acceptors (Lipinski definition) is 7. The molecule has 166 valence electrons. The van der Waals surface area contributed by atoms with E-state index in [-0.39, 0.29) is 17.6 Å². The SMILES string of the molecule is CCC[C@@H]1N=C2c3ccccc3N=C(SCC(=O)Nc3cc(OC)cc(OC)c3)N2C1=O. The zero-order valence-electron chi connectivity index (χ0n) is 18.1. The molecule has 0 saturated carbocycles. The molecule has 0 aliphatic carbocycles. The van der Waals surface area contributed by atoms with E-state index in [1.807, 2.05) is 31.2 Å². The molecule has 0 bridgehead atoms. The minimum Gasteiger partial charge on any atom is -0.497 e. The fourth-order valence-corrected chi connectivity index (χ4v) is 4.37. The van der Waals surface area contributed by atoms with Crippen molar-refractivity contribution in [3.05, 3.63) is 48.0 Å². The van der Waals surface area contributed by atoms with Crippen LogP contribution in [0.2, 0.25) is 0 Å². The highest BCUT2D eigenvalue weighted by Gasteiger charge is 2.40. The number of nitrogens with one attached hydrogen (secondary N) is 1. The third kappa shape index (κ3) is 4.34. The predicted octanol–water partition coefficient (Wildman–Crippen LogP) is 3.83. The van der Waals surface area contributed by atoms with E-state index in [2.05, 4.69) is 15.3 Å². The van der Waals surface area contributed by atoms with E-state index in [4.69, 9.17) is 9.47 Å². The normalized spacial score (nSPS) is 16.7. The molecule has 0 aromatic heterocycles. The van der Waals surface area contributed by atoms with Crippen LogP contribution in [0.15, 0.2) is 52.4 Å². The second-order valence-electron chi connectivity index (χ2n) is 7.28. The maximum Gasteiger partial charge on any atom is 0.259 e. The molecular weight excluding hydrogens is 428 g/mol. The highest BCUT2D eigenvalue weighted by atomic mass is 32.2. The Morgan fingerprint density at radius 3 is 2.56 bits per heavy atom. The predicted molar refractivity (Wildman–Crippen MR) is 126 cm³/mol. The van der Waals surface area contributed by atoms with Crippen molar-refractivity contribution in [1.82, 2.24) is 4.90 Å². The summed E-state index contributed by atoms with van der Waals surface area (Å²) in [4.78, 5) is 36.5. The number of anilines is 1. The maximum absolute atomic E-state index is 13.0. The van der Waals surface area contributed by atoms with Crippen LogP contribution < -0.4 is 14.8 Å². The quantitative estimate of drug-likeness (QED) is 0.689. The van der Waals surface area contributed by atoms with Crippen LogP contribution in [0.25, 0.3) is 0 Å². The largest absolute Gasteiger partial charge is 0.497 e. The minimum atomic E-state index is -0.412. The number of benzene rings is 2. The molecule has 2 aromatic rings. The molecule has 8 nitrogen and oxygen atoms in total. The number of hydrogen-bond donors (Lipinski definition) is 1. The first-order valence-corrected chi connectivity index (χ1v) is 11.3. The number of amidine groups is 2. The summed E-state index contributed by atoms with van der Waals surface area (Å²) in [6.07, 6.45) is 1.53. The number of rotatable bonds is 7. The monoisotopic (exact) mass is 452 g/mol. The van der Waals surface area contributed by atoms with E-state index < -0.39 is 6.04 Å². The Hall–Kier alpha value is -3.33. The van der Waals surface area contributed by atoms with Crippen LogP contribution in [0.1, 0.15) is 25.3 Å². The molecule has 9 heteroatoms. The molecule has 2 heterocycles. The summed E-state index contributed by atoms with van der Waals surface area (Å²) in [5.74, 6) is 1.51. The molecule has 2 aliphatic rings. The van der Waals surface area contributed by atoms with Gasteiger partial charge in [-0.05, 0) is 18.6 Å². The number of carbonyl (C=O) groups excluding carboxylic acids is 2. The Kier molecular flexibility index (Phi) is 6.45. The van der Waals surface area contributed by atoms with Gasteiger partial charge in [0.2, 0.25) is 5.91 Å². The highest BCUT2D eigenvalue weighted by molar-refractivity contribution is 8.14. The molecule has 0 radical (unpaired) electrons. The molecule has 2 aromatic carbocycles. The van der Waals surface area contributed by atoms with E-state index in [0.717, 1.165) is 17.7 Å². The van der Waals surface area contributed by atoms with Crippen LogP contribution in [-0.4, -0.2) is 53.7 Å². The first-order valence-electron chi connectivity index (χ1n) is 10.3. The summed E-state index contributed by atoms with van der Waals surface area (Å²) >= 11 is 1.21. The van der Waals surface area contributed by atoms with Crippen LogP contribution in [0.3, 0.4) is 0 Å². The summed E-state index contributed by atoms with van der Waals surface area (Å²) in [5, 5.41) is 3.30. The van der Waals surface area contributed by atoms with Crippen LogP contribution in [0.4, 0.5) is 11.4 Å². The van der Waals surface area contributed by atoms with E-state index >= 15 is 0 Å². The fraction of sp³-hybridized carbons (Fsp3) is 0.304. The number of nitrogens with zero attached hydrogens (tertiary/aromatic N) is 3. The lowest BCUT2D eigenvalue weighted by molar-refractivity contribution is -0.124. The van der Waals surface area contributed by atoms with Gasteiger partial charge in [-0.25, -0.2) is 9.89 Å². The highest BCUT2D eigenvalue weighted by Crippen LogP contribution is 2.34. The van der Waals surface area contributed by atoms with Gasteiger partial charge in [0.25, 0.3) is 5.91 Å². The van der Waals surface area contributed by atoms with Gasteiger partial charge in [0.1, 0.15) is 23.4 Å². The molecule has 0 fully saturated rings. The Labute approximate surface area is 190 Å². The number of ether oxygens (including phenoxy) is 2. The molecule has 2 aliphatic heterocycles. The third-order valence-corrected chi connectivity index (χ3v) is 6.02. The smallest absolute Gasteiger partial charge is 0.259 e. The summed E-state index contributed by atoms with van der Waals surface area (Å²) in [7, 11) is 3.10. The Balaban J connectivity index is 1.52. The summed E-state index contributed by atoms with van der Waals surface area (Å²) in [6.45, 7) is 2.03. The second kappa shape index (κ2) is 9.44. The van der Waals surface area contributed by atoms with Crippen molar-refractivity contribution in [3.8, 4) is 11.5 Å². The van der Waals surface area contributed by atoms with E-state index in [1.165, 1.54) is 11.8 Å². The van der Waals surface area contributed by atoms with Crippen molar-refractivity contribution in [2.24, 2.45) is 9.98 Å². The number of aliphatic imine (C=N–C) groups is 2. The number of methoxy groups -OCH3 is 2. The number of thioether (sulfide) groups is 1. The van der Waals surface area contributed by atoms with Crippen molar-refractivity contribution in [1.29, 1.82) is 0 Å². The van der Waals surface area contributed by atoms with Gasteiger partial charge in [-0.1, -0.05) is 37.2 Å². The van der Waals surface area contributed by atoms with Gasteiger partial charge >= 0.3 is 0 Å². The number of fused-ring (bicyclic) bond motifs is 3. The molecule has 0 saturated heterocycles. The molecule has 4 rings (SSSR count). The summed E-state index contributed by atoms with van der Waals surface area (Å²) < 4.78 is 10.5. The van der Waals surface area contributed by atoms with Crippen LogP contribution in [0, 0.1) is 0 Å². The second-order valence-corrected chi connectivity index (χ2v) is 8.22. The van der Waals surface area contributed by atoms with E-state index in [1.54, 1.807) is 37.3 Å². The molecular formula is C23H24N4O4S. The minimum absolute atomic E-state index is 0.0794. The van der Waals surface area contributed by atoms with Gasteiger partial charge < -0.3 is 14.8 Å². The topological polar surface area (TPSA) is 92.6 Å². The van der Waals surface area contributed by atoms with E-state index in [9.17, 15) is 9.59 Å². The number of amides is 2. The standard InChI is InChI=1S/C23H24N4O4S/c1-4-7-19-22(29)27-21(25-19)17-8-5-6-9-18(17)26-23(27)32-13-20(28)24-14-10-15(30-2)12-16(11-14)31-3/h5-6,8-12,19H,4,7,13H2,1-3H3,(H,24,28)/t19-/m0/s1. The molecule has 0 unspecified atom stereocenters. The molecule has 1 N–H and O–H groups in total. The first-order chi connectivity index (χ1) is 15.5. The Morgan fingerprint density at radius 2 is 1.88 bits per heavy atom. The average molecular weight is 453 g/mol. The van der Waals surface area contributed by atoms with Gasteiger partial charge in [0.05, 0.1) is 25.7 Å². The van der Waals surface area contributed by atoms with E-state index in [0.29, 0.717) is 34.6 Å². The zero-order valence-corrected chi connectivity index (χ0v) is 18.9. The Bertz CT molecular complexity index is 1090. The lowest BCUT2D eigenvalue weighted by atomic mass is 10.1. The van der Waals surface area contributed by atoms with Gasteiger partial charge in [-0.3, -0.25) is 14.6 Å². The van der Waals surface area contributed by atoms with Crippen LogP contribution in [-0.2, 0) is 9.59 Å². The number of para-hydroxylation sites is 1. The van der Waals surface area contributed by atoms with Gasteiger partial charge in [-0.2, -0.15) is 0 Å². The van der Waals surface area contributed by atoms with Gasteiger partial charge in [-0.15, -0.1) is 0 Å². The fourth-order valence-electron chi connectivity index (χ4n) is 3.57. The van der Waals surface area contributed by atoms with Crippen molar-refractivity contribution in [2.75, 3.05) is 25.3 Å². The number of carbonyl (C=O) groups is 2. The van der Waals surface area contributed by atoms with Crippen molar-refractivity contribution < 1.29 is 19.1 Å². The summed E-state index contributed by atoms with van der Waals surface area (Å²) in [5.41, 5.74) is 2.13. The lowest BCUT2D eigenvalue weighted by Gasteiger charge is -2.25. The Morgan fingerprint density at radius 1 is 1.16 bits per heavy atom. The first kappa shape index (κ1) is 21.9. The van der Waals surface area contributed by atoms with Crippen LogP contribution in [0.5, 0.6) is 11.5 Å². The molecule has 0 spiro atoms. The van der Waals surface area contributed by atoms with Crippen molar-refractivity contribution >= 4 is 46.0 Å². The van der Waals surface area contributed by atoms with Crippen molar-refractivity contribution in [2.45, 2.75) is 25.8 Å². The summed E-state index contributed by atoms with van der Waals surface area (Å²) in [6, 6.07) is 12.3. The molecule has 32 heavy (non-hydrogen) atoms. The van der Waals surface area contributed by atoms with Gasteiger partial charge in [0.15, 0.2) is 5.17 Å². The molecule has 1 atom stereocenters.